The number of unbranched alkanes of at least 4 members (excludes halogenated alkanes) is 1. The van der Waals surface area contributed by atoms with Crippen LogP contribution in [0.3, 0.4) is 0 Å². The van der Waals surface area contributed by atoms with Gasteiger partial charge >= 0.3 is 11.8 Å². The van der Waals surface area contributed by atoms with Crippen LogP contribution in [0.1, 0.15) is 89.3 Å². The number of aryl methyl sites for hydroxylation is 4. The maximum absolute atomic E-state index is 12.0. The van der Waals surface area contributed by atoms with E-state index in [2.05, 4.69) is 28.8 Å². The van der Waals surface area contributed by atoms with Gasteiger partial charge in [0.2, 0.25) is 0 Å². The Hall–Kier alpha value is -3.96. The number of rotatable bonds is 15. The minimum absolute atomic E-state index is 0.202. The van der Waals surface area contributed by atoms with Crippen LogP contribution in [-0.4, -0.2) is 93.6 Å². The van der Waals surface area contributed by atoms with Gasteiger partial charge in [0.25, 0.3) is 0 Å². The molecule has 3 aromatic rings. The van der Waals surface area contributed by atoms with Crippen molar-refractivity contribution in [3.63, 3.8) is 0 Å². The second-order valence-corrected chi connectivity index (χ2v) is 12.9. The fraction of sp³-hybridized carbons (Fsp3) is 0.590. The lowest BCUT2D eigenvalue weighted by molar-refractivity contribution is -0.120. The molecule has 11 heteroatoms. The summed E-state index contributed by atoms with van der Waals surface area (Å²) in [6.45, 7) is 19.3. The van der Waals surface area contributed by atoms with E-state index in [-0.39, 0.29) is 18.1 Å². The Morgan fingerprint density at radius 3 is 2.16 bits per heavy atom. The molecule has 278 valence electrons. The Kier molecular flexibility index (Phi) is 19.8. The molecule has 2 heterocycles. The quantitative estimate of drug-likeness (QED) is 0.173. The van der Waals surface area contributed by atoms with Crippen LogP contribution >= 0.6 is 0 Å². The molecule has 0 spiro atoms. The maximum atomic E-state index is 12.0. The number of nitrogens with zero attached hydrogens (tertiary/aromatic N) is 4. The number of hydrogen-bond acceptors (Lipinski definition) is 8. The molecule has 2 N–H and O–H groups in total. The molecular formula is C39H61N5O6. The van der Waals surface area contributed by atoms with Gasteiger partial charge < -0.3 is 24.4 Å². The van der Waals surface area contributed by atoms with E-state index in [1.807, 2.05) is 70.2 Å². The zero-order valence-corrected chi connectivity index (χ0v) is 31.5. The largest absolute Gasteiger partial charge is 0.507 e. The van der Waals surface area contributed by atoms with Gasteiger partial charge in [0.15, 0.2) is 18.2 Å². The van der Waals surface area contributed by atoms with Gasteiger partial charge in [-0.25, -0.2) is 14.3 Å². The number of phenolic OH excluding ortho intramolecular Hbond substituents is 1. The molecule has 1 aromatic heterocycles. The van der Waals surface area contributed by atoms with Crippen molar-refractivity contribution in [1.82, 2.24) is 24.6 Å². The molecule has 1 aliphatic rings. The van der Waals surface area contributed by atoms with Gasteiger partial charge in [0.05, 0.1) is 0 Å². The SMILES string of the molecule is CCCCN(CCC)C1CCOCC1.CCCN(CCCn1nc(-c2ccccc2)[nH]c1=O)C(=O)OCC(C)=O.Cc1cc(C)c(O)c(C)c1. The minimum atomic E-state index is -0.513. The van der Waals surface area contributed by atoms with Crippen LogP contribution in [0, 0.1) is 20.8 Å². The van der Waals surface area contributed by atoms with Crippen molar-refractivity contribution in [2.75, 3.05) is 46.0 Å². The number of Topliss-reactive ketones (excluding diaryl/α,β-unsaturated/α-hetero) is 1. The number of phenols is 1. The molecule has 0 aliphatic carbocycles. The maximum Gasteiger partial charge on any atom is 0.410 e. The number of nitrogens with one attached hydrogen (secondary N) is 1. The third-order valence-electron chi connectivity index (χ3n) is 8.33. The van der Waals surface area contributed by atoms with Crippen molar-refractivity contribution in [2.45, 2.75) is 106 Å². The van der Waals surface area contributed by atoms with E-state index in [1.165, 1.54) is 62.4 Å². The first-order chi connectivity index (χ1) is 24.0. The topological polar surface area (TPSA) is 130 Å². The Bertz CT molecular complexity index is 1440. The number of hydrogen-bond donors (Lipinski definition) is 2. The number of aromatic nitrogens is 3. The number of carbonyl (C=O) groups is 2. The highest BCUT2D eigenvalue weighted by atomic mass is 16.6. The molecule has 1 amide bonds. The number of H-pyrrole nitrogens is 1. The number of carbonyl (C=O) groups excluding carboxylic acids is 2. The minimum Gasteiger partial charge on any atom is -0.507 e. The zero-order valence-electron chi connectivity index (χ0n) is 31.5. The highest BCUT2D eigenvalue weighted by Crippen LogP contribution is 2.22. The van der Waals surface area contributed by atoms with Gasteiger partial charge in [-0.15, -0.1) is 5.10 Å². The monoisotopic (exact) mass is 695 g/mol. The normalized spacial score (nSPS) is 12.8. The molecule has 0 unspecified atom stereocenters. The fourth-order valence-electron chi connectivity index (χ4n) is 5.81. The molecule has 0 saturated carbocycles. The predicted octanol–water partition coefficient (Wildman–Crippen LogP) is 7.06. The second-order valence-electron chi connectivity index (χ2n) is 12.9. The van der Waals surface area contributed by atoms with Crippen LogP contribution in [-0.2, 0) is 20.8 Å². The van der Waals surface area contributed by atoms with Gasteiger partial charge in [-0.2, -0.15) is 0 Å². The molecular weight excluding hydrogens is 634 g/mol. The Morgan fingerprint density at radius 1 is 0.940 bits per heavy atom. The summed E-state index contributed by atoms with van der Waals surface area (Å²) in [7, 11) is 0. The molecule has 0 radical (unpaired) electrons. The molecule has 1 aliphatic heterocycles. The lowest BCUT2D eigenvalue weighted by Crippen LogP contribution is -2.40. The summed E-state index contributed by atoms with van der Waals surface area (Å²) >= 11 is 0. The lowest BCUT2D eigenvalue weighted by atomic mass is 10.1. The third-order valence-corrected chi connectivity index (χ3v) is 8.33. The van der Waals surface area contributed by atoms with Crippen LogP contribution in [0.2, 0.25) is 0 Å². The average molecular weight is 696 g/mol. The van der Waals surface area contributed by atoms with Gasteiger partial charge in [-0.3, -0.25) is 9.78 Å². The first kappa shape index (κ1) is 42.2. The molecule has 1 fully saturated rings. The van der Waals surface area contributed by atoms with E-state index < -0.39 is 6.09 Å². The van der Waals surface area contributed by atoms with Crippen molar-refractivity contribution >= 4 is 11.9 Å². The summed E-state index contributed by atoms with van der Waals surface area (Å²) < 4.78 is 11.7. The van der Waals surface area contributed by atoms with Crippen molar-refractivity contribution in [1.29, 1.82) is 0 Å². The number of benzene rings is 2. The van der Waals surface area contributed by atoms with E-state index in [0.717, 1.165) is 42.4 Å². The van der Waals surface area contributed by atoms with Crippen molar-refractivity contribution in [2.24, 2.45) is 0 Å². The zero-order chi connectivity index (χ0) is 36.9. The summed E-state index contributed by atoms with van der Waals surface area (Å²) in [4.78, 5) is 41.9. The molecule has 2 aromatic carbocycles. The van der Waals surface area contributed by atoms with Crippen molar-refractivity contribution in [3.8, 4) is 17.1 Å². The Balaban J connectivity index is 0.000000300. The summed E-state index contributed by atoms with van der Waals surface area (Å²) in [5.41, 5.74) is 3.66. The van der Waals surface area contributed by atoms with Crippen LogP contribution in [0.4, 0.5) is 4.79 Å². The highest BCUT2D eigenvalue weighted by Gasteiger charge is 2.20. The standard InChI is InChI=1S/C18H24N4O4.C12H25NO.C9H12O/c1-3-10-21(18(25)26-13-14(2)23)11-7-12-22-17(24)19-16(20-22)15-8-5-4-6-9-15;1-3-5-9-13(8-4-2)12-6-10-14-11-7-12;1-6-4-7(2)9(10)8(3)5-6/h4-6,8-9H,3,7,10-13H2,1-2H3,(H,19,20,24);12H,3-11H2,1-2H3;4-5,10H,1-3H3. The number of aromatic amines is 1. The van der Waals surface area contributed by atoms with Gasteiger partial charge in [-0.05, 0) is 90.4 Å². The highest BCUT2D eigenvalue weighted by molar-refractivity contribution is 5.79. The number of aromatic hydroxyl groups is 1. The van der Waals surface area contributed by atoms with Crippen molar-refractivity contribution in [3.05, 3.63) is 69.6 Å². The lowest BCUT2D eigenvalue weighted by Gasteiger charge is -2.34. The average Bonchev–Trinajstić information content (AvgIpc) is 3.48. The molecule has 0 bridgehead atoms. The van der Waals surface area contributed by atoms with Crippen LogP contribution in [0.5, 0.6) is 5.75 Å². The van der Waals surface area contributed by atoms with E-state index in [4.69, 9.17) is 9.47 Å². The summed E-state index contributed by atoms with van der Waals surface area (Å²) in [6.07, 6.45) is 7.22. The molecule has 1 saturated heterocycles. The van der Waals surface area contributed by atoms with Crippen LogP contribution in [0.25, 0.3) is 11.4 Å². The van der Waals surface area contributed by atoms with Gasteiger partial charge in [-0.1, -0.05) is 75.2 Å². The van der Waals surface area contributed by atoms with Crippen molar-refractivity contribution < 1.29 is 24.2 Å². The number of amides is 1. The van der Waals surface area contributed by atoms with E-state index in [0.29, 0.717) is 37.6 Å². The smallest absolute Gasteiger partial charge is 0.410 e. The first-order valence-corrected chi connectivity index (χ1v) is 18.2. The fourth-order valence-corrected chi connectivity index (χ4v) is 5.81. The van der Waals surface area contributed by atoms with Crippen LogP contribution in [0.15, 0.2) is 47.3 Å². The summed E-state index contributed by atoms with van der Waals surface area (Å²) in [5, 5.41) is 13.6. The summed E-state index contributed by atoms with van der Waals surface area (Å²) in [5.74, 6) is 0.735. The molecule has 0 atom stereocenters. The molecule has 4 rings (SSSR count). The molecule has 11 nitrogen and oxygen atoms in total. The Morgan fingerprint density at radius 2 is 1.58 bits per heavy atom. The molecule has 50 heavy (non-hydrogen) atoms. The predicted molar refractivity (Wildman–Crippen MR) is 200 cm³/mol. The third kappa shape index (κ3) is 15.3. The van der Waals surface area contributed by atoms with Crippen LogP contribution < -0.4 is 5.69 Å². The van der Waals surface area contributed by atoms with E-state index in [9.17, 15) is 19.5 Å². The Labute approximate surface area is 299 Å². The first-order valence-electron chi connectivity index (χ1n) is 18.2. The van der Waals surface area contributed by atoms with E-state index >= 15 is 0 Å². The summed E-state index contributed by atoms with van der Waals surface area (Å²) in [6, 6.07) is 14.1. The van der Waals surface area contributed by atoms with Gasteiger partial charge in [0, 0.05) is 44.5 Å². The van der Waals surface area contributed by atoms with Gasteiger partial charge in [0.1, 0.15) is 5.75 Å². The second kappa shape index (κ2) is 23.4. The van der Waals surface area contributed by atoms with E-state index in [1.54, 1.807) is 4.90 Å². The number of ether oxygens (including phenoxy) is 2. The number of ketones is 1.